The van der Waals surface area contributed by atoms with Crippen molar-refractivity contribution in [2.75, 3.05) is 19.8 Å². The average molecular weight is 324 g/mol. The molecule has 22 heavy (non-hydrogen) atoms. The topological polar surface area (TPSA) is 66.5 Å². The Hall–Kier alpha value is -1.40. The molecule has 0 bridgehead atoms. The molecule has 0 spiro atoms. The van der Waals surface area contributed by atoms with Crippen LogP contribution in [-0.2, 0) is 14.6 Å². The van der Waals surface area contributed by atoms with Gasteiger partial charge in [0, 0.05) is 25.8 Å². The molecular formula is C16H24N2O3S. The van der Waals surface area contributed by atoms with E-state index in [1.807, 2.05) is 6.92 Å². The Balaban J connectivity index is 2.03. The molecule has 0 aromatic heterocycles. The number of carbonyl (C=O) groups excluding carboxylic acids is 1. The molecule has 1 saturated heterocycles. The van der Waals surface area contributed by atoms with Crippen molar-refractivity contribution in [2.24, 2.45) is 0 Å². The van der Waals surface area contributed by atoms with Gasteiger partial charge in [-0.25, -0.2) is 8.42 Å². The lowest BCUT2D eigenvalue weighted by molar-refractivity contribution is -0.132. The largest absolute Gasteiger partial charge is 0.339 e. The van der Waals surface area contributed by atoms with Crippen LogP contribution in [0.25, 0.3) is 0 Å². The zero-order valence-corrected chi connectivity index (χ0v) is 14.2. The highest BCUT2D eigenvalue weighted by Crippen LogP contribution is 2.22. The van der Waals surface area contributed by atoms with Crippen molar-refractivity contribution in [3.05, 3.63) is 29.8 Å². The maximum absolute atomic E-state index is 12.3. The number of nitrogens with zero attached hydrogens (tertiary/aromatic N) is 1. The summed E-state index contributed by atoms with van der Waals surface area (Å²) >= 11 is 0. The van der Waals surface area contributed by atoms with Crippen LogP contribution in [0.15, 0.2) is 29.2 Å². The van der Waals surface area contributed by atoms with Crippen molar-refractivity contribution in [1.29, 1.82) is 0 Å². The Morgan fingerprint density at radius 3 is 2.50 bits per heavy atom. The summed E-state index contributed by atoms with van der Waals surface area (Å²) in [5, 5.41) is 3.33. The Morgan fingerprint density at radius 1 is 1.36 bits per heavy atom. The first-order valence-electron chi connectivity index (χ1n) is 7.58. The normalized spacial score (nSPS) is 19.9. The van der Waals surface area contributed by atoms with Crippen LogP contribution >= 0.6 is 0 Å². The minimum Gasteiger partial charge on any atom is -0.339 e. The molecule has 1 aliphatic heterocycles. The van der Waals surface area contributed by atoms with E-state index in [2.05, 4.69) is 5.32 Å². The molecule has 2 unspecified atom stereocenters. The molecule has 1 aromatic rings. The van der Waals surface area contributed by atoms with Gasteiger partial charge in [-0.1, -0.05) is 12.1 Å². The lowest BCUT2D eigenvalue weighted by Crippen LogP contribution is -2.35. The van der Waals surface area contributed by atoms with E-state index in [-0.39, 0.29) is 18.0 Å². The molecule has 1 heterocycles. The first kappa shape index (κ1) is 17.0. The van der Waals surface area contributed by atoms with Crippen LogP contribution < -0.4 is 5.32 Å². The van der Waals surface area contributed by atoms with Crippen LogP contribution in [0.3, 0.4) is 0 Å². The summed E-state index contributed by atoms with van der Waals surface area (Å²) in [5.41, 5.74) is 0.933. The molecule has 1 aliphatic rings. The summed E-state index contributed by atoms with van der Waals surface area (Å²) in [4.78, 5) is 14.4. The Labute approximate surface area is 132 Å². The van der Waals surface area contributed by atoms with Crippen LogP contribution in [0.2, 0.25) is 0 Å². The minimum atomic E-state index is -3.19. The van der Waals surface area contributed by atoms with E-state index in [1.54, 1.807) is 36.2 Å². The van der Waals surface area contributed by atoms with Gasteiger partial charge in [0.15, 0.2) is 9.84 Å². The van der Waals surface area contributed by atoms with E-state index >= 15 is 0 Å². The Morgan fingerprint density at radius 2 is 2.00 bits per heavy atom. The van der Waals surface area contributed by atoms with E-state index in [4.69, 9.17) is 0 Å². The molecular weight excluding hydrogens is 300 g/mol. The molecule has 1 aromatic carbocycles. The molecule has 5 nitrogen and oxygen atoms in total. The number of sulfone groups is 1. The monoisotopic (exact) mass is 324 g/mol. The fourth-order valence-corrected chi connectivity index (χ4v) is 3.35. The Kier molecular flexibility index (Phi) is 5.24. The first-order valence-corrected chi connectivity index (χ1v) is 9.47. The third-order valence-corrected chi connectivity index (χ3v) is 5.48. The molecule has 2 atom stereocenters. The maximum Gasteiger partial charge on any atom is 0.224 e. The summed E-state index contributed by atoms with van der Waals surface area (Å²) in [6.45, 7) is 2.94. The van der Waals surface area contributed by atoms with Gasteiger partial charge in [-0.05, 0) is 44.0 Å². The van der Waals surface area contributed by atoms with Crippen LogP contribution in [0.1, 0.15) is 37.8 Å². The van der Waals surface area contributed by atoms with Gasteiger partial charge in [0.25, 0.3) is 0 Å². The van der Waals surface area contributed by atoms with Gasteiger partial charge in [-0.15, -0.1) is 0 Å². The van der Waals surface area contributed by atoms with Gasteiger partial charge in [0.1, 0.15) is 0 Å². The molecule has 1 amide bonds. The van der Waals surface area contributed by atoms with Crippen molar-refractivity contribution in [2.45, 2.75) is 43.2 Å². The van der Waals surface area contributed by atoms with Gasteiger partial charge in [-0.2, -0.15) is 0 Å². The molecule has 0 aliphatic carbocycles. The molecule has 0 radical (unpaired) electrons. The number of carbonyl (C=O) groups is 1. The first-order chi connectivity index (χ1) is 10.3. The smallest absolute Gasteiger partial charge is 0.224 e. The molecule has 0 saturated carbocycles. The highest BCUT2D eigenvalue weighted by atomic mass is 32.2. The average Bonchev–Trinajstić information content (AvgIpc) is 2.97. The summed E-state index contributed by atoms with van der Waals surface area (Å²) < 4.78 is 23.0. The predicted molar refractivity (Wildman–Crippen MR) is 86.4 cm³/mol. The zero-order valence-electron chi connectivity index (χ0n) is 13.4. The van der Waals surface area contributed by atoms with Gasteiger partial charge in [0.2, 0.25) is 5.91 Å². The zero-order chi connectivity index (χ0) is 16.3. The third-order valence-electron chi connectivity index (χ3n) is 4.35. The van der Waals surface area contributed by atoms with E-state index in [9.17, 15) is 13.2 Å². The molecule has 122 valence electrons. The second-order valence-corrected chi connectivity index (χ2v) is 8.03. The van der Waals surface area contributed by atoms with Crippen LogP contribution in [0.5, 0.6) is 0 Å². The van der Waals surface area contributed by atoms with Crippen LogP contribution in [0.4, 0.5) is 0 Å². The van der Waals surface area contributed by atoms with Gasteiger partial charge < -0.3 is 10.2 Å². The van der Waals surface area contributed by atoms with Crippen molar-refractivity contribution in [3.63, 3.8) is 0 Å². The quantitative estimate of drug-likeness (QED) is 0.896. The second-order valence-electron chi connectivity index (χ2n) is 6.02. The third kappa shape index (κ3) is 4.08. The van der Waals surface area contributed by atoms with E-state index in [1.165, 1.54) is 6.26 Å². The number of amides is 1. The van der Waals surface area contributed by atoms with Gasteiger partial charge >= 0.3 is 0 Å². The lowest BCUT2D eigenvalue weighted by atomic mass is 10.1. The Bertz CT molecular complexity index is 619. The van der Waals surface area contributed by atoms with Crippen molar-refractivity contribution >= 4 is 15.7 Å². The van der Waals surface area contributed by atoms with Crippen molar-refractivity contribution < 1.29 is 13.2 Å². The summed E-state index contributed by atoms with van der Waals surface area (Å²) in [7, 11) is -1.39. The number of hydrogen-bond acceptors (Lipinski definition) is 4. The van der Waals surface area contributed by atoms with Crippen LogP contribution in [-0.4, -0.2) is 45.1 Å². The lowest BCUT2D eigenvalue weighted by Gasteiger charge is -2.26. The number of hydrogen-bond donors (Lipinski definition) is 1. The molecule has 2 rings (SSSR count). The van der Waals surface area contributed by atoms with E-state index in [0.717, 1.165) is 24.9 Å². The fraction of sp³-hybridized carbons (Fsp3) is 0.562. The number of rotatable bonds is 5. The molecule has 1 fully saturated rings. The second kappa shape index (κ2) is 6.79. The highest BCUT2D eigenvalue weighted by Gasteiger charge is 2.23. The number of benzene rings is 1. The summed E-state index contributed by atoms with van der Waals surface area (Å²) in [6.07, 6.45) is 3.89. The van der Waals surface area contributed by atoms with Crippen molar-refractivity contribution in [3.8, 4) is 0 Å². The standard InChI is InChI=1S/C16H24N2O3S/c1-12(13-6-8-15(9-7-13)22(3,20)21)18(2)16(19)11-14-5-4-10-17-14/h6-9,12,14,17H,4-5,10-11H2,1-3H3. The predicted octanol–water partition coefficient (Wildman–Crippen LogP) is 1.75. The number of nitrogens with one attached hydrogen (secondary N) is 1. The molecule has 6 heteroatoms. The SMILES string of the molecule is CC(c1ccc(S(C)(=O)=O)cc1)N(C)C(=O)CC1CCCN1. The van der Waals surface area contributed by atoms with E-state index < -0.39 is 9.84 Å². The molecule has 1 N–H and O–H groups in total. The minimum absolute atomic E-state index is 0.0810. The maximum atomic E-state index is 12.3. The summed E-state index contributed by atoms with van der Waals surface area (Å²) in [5.74, 6) is 0.110. The summed E-state index contributed by atoms with van der Waals surface area (Å²) in [6, 6.07) is 6.95. The highest BCUT2D eigenvalue weighted by molar-refractivity contribution is 7.90. The van der Waals surface area contributed by atoms with Gasteiger partial charge in [0.05, 0.1) is 10.9 Å². The van der Waals surface area contributed by atoms with E-state index in [0.29, 0.717) is 11.3 Å². The van der Waals surface area contributed by atoms with Gasteiger partial charge in [-0.3, -0.25) is 4.79 Å². The van der Waals surface area contributed by atoms with Crippen LogP contribution in [0, 0.1) is 0 Å². The fourth-order valence-electron chi connectivity index (χ4n) is 2.72. The van der Waals surface area contributed by atoms with Crippen molar-refractivity contribution in [1.82, 2.24) is 10.2 Å².